The highest BCUT2D eigenvalue weighted by Crippen LogP contribution is 2.16. The van der Waals surface area contributed by atoms with Gasteiger partial charge in [-0.3, -0.25) is 29.3 Å². The van der Waals surface area contributed by atoms with Gasteiger partial charge in [-0.25, -0.2) is 8.42 Å². The standard InChI is InChI=1S/C28H42N4O9S/c1-8-42(40,41)27(36)22(13-18(4)5)31-25(34)21(12-17(2)3)30-26(35)23(16-28(6,7)37)29-24(33)15-19-10-9-11-20(14-19)32(38)39/h8-11,14,17-18,21-23,37H,1,12-13,15-16H2,2-7H3,(H,29,33)(H,30,35)(H,31,34)/t21-,22-,23-/m0/s1. The van der Waals surface area contributed by atoms with Crippen molar-refractivity contribution in [3.05, 3.63) is 51.9 Å². The van der Waals surface area contributed by atoms with Crippen LogP contribution in [0, 0.1) is 22.0 Å². The predicted molar refractivity (Wildman–Crippen MR) is 157 cm³/mol. The lowest BCUT2D eigenvalue weighted by Gasteiger charge is -2.28. The number of nitrogens with one attached hydrogen (secondary N) is 3. The lowest BCUT2D eigenvalue weighted by atomic mass is 9.96. The third-order valence-electron chi connectivity index (χ3n) is 5.99. The summed E-state index contributed by atoms with van der Waals surface area (Å²) in [4.78, 5) is 62.6. The average molecular weight is 611 g/mol. The van der Waals surface area contributed by atoms with Gasteiger partial charge < -0.3 is 21.1 Å². The van der Waals surface area contributed by atoms with E-state index in [1.54, 1.807) is 27.7 Å². The molecule has 0 aromatic heterocycles. The molecule has 1 aromatic rings. The maximum Gasteiger partial charge on any atom is 0.272 e. The first-order valence-electron chi connectivity index (χ1n) is 13.5. The van der Waals surface area contributed by atoms with Crippen LogP contribution < -0.4 is 16.0 Å². The van der Waals surface area contributed by atoms with Gasteiger partial charge in [-0.05, 0) is 44.1 Å². The third-order valence-corrected chi connectivity index (χ3v) is 7.27. The van der Waals surface area contributed by atoms with E-state index in [2.05, 4.69) is 22.5 Å². The highest BCUT2D eigenvalue weighted by molar-refractivity contribution is 8.08. The van der Waals surface area contributed by atoms with Gasteiger partial charge in [-0.1, -0.05) is 46.4 Å². The zero-order valence-corrected chi connectivity index (χ0v) is 25.7. The number of non-ortho nitro benzene ring substituents is 1. The van der Waals surface area contributed by atoms with Crippen molar-refractivity contribution in [2.45, 2.75) is 91.0 Å². The van der Waals surface area contributed by atoms with E-state index in [1.165, 1.54) is 38.1 Å². The van der Waals surface area contributed by atoms with E-state index in [0.29, 0.717) is 11.0 Å². The predicted octanol–water partition coefficient (Wildman–Crippen LogP) is 1.93. The number of hydrogen-bond acceptors (Lipinski definition) is 9. The third kappa shape index (κ3) is 12.5. The smallest absolute Gasteiger partial charge is 0.272 e. The van der Waals surface area contributed by atoms with Gasteiger partial charge >= 0.3 is 0 Å². The van der Waals surface area contributed by atoms with Crippen molar-refractivity contribution in [3.8, 4) is 0 Å². The highest BCUT2D eigenvalue weighted by atomic mass is 32.2. The maximum absolute atomic E-state index is 13.4. The number of sulfone groups is 1. The monoisotopic (exact) mass is 610 g/mol. The van der Waals surface area contributed by atoms with Crippen LogP contribution in [0.5, 0.6) is 0 Å². The maximum atomic E-state index is 13.4. The second-order valence-electron chi connectivity index (χ2n) is 11.7. The van der Waals surface area contributed by atoms with Crippen LogP contribution in [-0.2, 0) is 35.4 Å². The number of carbonyl (C=O) groups excluding carboxylic acids is 4. The highest BCUT2D eigenvalue weighted by Gasteiger charge is 2.35. The van der Waals surface area contributed by atoms with E-state index in [-0.39, 0.29) is 43.2 Å². The van der Waals surface area contributed by atoms with E-state index in [4.69, 9.17) is 0 Å². The fourth-order valence-corrected chi connectivity index (χ4v) is 4.85. The van der Waals surface area contributed by atoms with Crippen LogP contribution in [0.15, 0.2) is 36.3 Å². The van der Waals surface area contributed by atoms with Crippen LogP contribution in [0.3, 0.4) is 0 Å². The lowest BCUT2D eigenvalue weighted by Crippen LogP contribution is -2.57. The second kappa shape index (κ2) is 15.5. The Balaban J connectivity index is 3.20. The number of amides is 3. The fraction of sp³-hybridized carbons (Fsp3) is 0.571. The molecular weight excluding hydrogens is 568 g/mol. The molecule has 0 aliphatic carbocycles. The van der Waals surface area contributed by atoms with Gasteiger partial charge in [0, 0.05) is 24.0 Å². The van der Waals surface area contributed by atoms with Crippen molar-refractivity contribution < 1.29 is 37.6 Å². The molecule has 0 unspecified atom stereocenters. The normalized spacial score (nSPS) is 14.0. The molecular formula is C28H42N4O9S. The zero-order valence-electron chi connectivity index (χ0n) is 24.9. The van der Waals surface area contributed by atoms with Crippen molar-refractivity contribution in [2.75, 3.05) is 0 Å². The molecule has 13 nitrogen and oxygen atoms in total. The van der Waals surface area contributed by atoms with Crippen molar-refractivity contribution in [1.82, 2.24) is 16.0 Å². The summed E-state index contributed by atoms with van der Waals surface area (Å²) in [7, 11) is -4.33. The van der Waals surface area contributed by atoms with E-state index in [1.807, 2.05) is 0 Å². The molecule has 234 valence electrons. The van der Waals surface area contributed by atoms with Gasteiger partial charge in [0.2, 0.25) is 27.6 Å². The van der Waals surface area contributed by atoms with Crippen molar-refractivity contribution in [3.63, 3.8) is 0 Å². The zero-order chi connectivity index (χ0) is 32.4. The molecule has 0 aliphatic rings. The van der Waals surface area contributed by atoms with Gasteiger partial charge in [0.1, 0.15) is 18.1 Å². The summed E-state index contributed by atoms with van der Waals surface area (Å²) in [6.45, 7) is 13.1. The lowest BCUT2D eigenvalue weighted by molar-refractivity contribution is -0.384. The molecule has 0 bridgehead atoms. The number of aliphatic hydroxyl groups is 1. The minimum atomic E-state index is -4.33. The molecule has 1 aromatic carbocycles. The minimum Gasteiger partial charge on any atom is -0.390 e. The van der Waals surface area contributed by atoms with Gasteiger partial charge in [0.25, 0.3) is 10.8 Å². The van der Waals surface area contributed by atoms with Crippen molar-refractivity contribution in [2.24, 2.45) is 11.8 Å². The SMILES string of the molecule is C=CS(=O)(=O)C(=O)[C@H](CC(C)C)NC(=O)[C@H](CC(C)C)NC(=O)[C@H](CC(C)(C)O)NC(=O)Cc1cccc([N+](=O)[O-])c1. The molecule has 3 atom stereocenters. The Bertz CT molecular complexity index is 1270. The molecule has 3 amide bonds. The topological polar surface area (TPSA) is 202 Å². The first-order valence-corrected chi connectivity index (χ1v) is 15.1. The summed E-state index contributed by atoms with van der Waals surface area (Å²) < 4.78 is 24.3. The molecule has 1 rings (SSSR count). The molecule has 42 heavy (non-hydrogen) atoms. The van der Waals surface area contributed by atoms with Gasteiger partial charge in [-0.15, -0.1) is 0 Å². The molecule has 0 heterocycles. The molecule has 0 radical (unpaired) electrons. The Morgan fingerprint density at radius 1 is 0.976 bits per heavy atom. The van der Waals surface area contributed by atoms with Crippen LogP contribution in [0.25, 0.3) is 0 Å². The Morgan fingerprint density at radius 2 is 1.50 bits per heavy atom. The number of hydrogen-bond donors (Lipinski definition) is 4. The van der Waals surface area contributed by atoms with Gasteiger partial charge in [-0.2, -0.15) is 0 Å². The minimum absolute atomic E-state index is 0.0228. The van der Waals surface area contributed by atoms with Gasteiger partial charge in [0.05, 0.1) is 16.9 Å². The second-order valence-corrected chi connectivity index (χ2v) is 13.5. The van der Waals surface area contributed by atoms with Crippen LogP contribution in [0.4, 0.5) is 5.69 Å². The Morgan fingerprint density at radius 3 is 2.00 bits per heavy atom. The number of nitrogens with zero attached hydrogens (tertiary/aromatic N) is 1. The van der Waals surface area contributed by atoms with Gasteiger partial charge in [0.15, 0.2) is 0 Å². The summed E-state index contributed by atoms with van der Waals surface area (Å²) in [6.07, 6.45) is -0.383. The number of benzene rings is 1. The first-order chi connectivity index (χ1) is 19.2. The average Bonchev–Trinajstić information content (AvgIpc) is 2.85. The van der Waals surface area contributed by atoms with Crippen LogP contribution in [-0.4, -0.2) is 65.0 Å². The molecule has 0 saturated carbocycles. The van der Waals surface area contributed by atoms with Crippen LogP contribution in [0.1, 0.15) is 66.4 Å². The van der Waals surface area contributed by atoms with Crippen molar-refractivity contribution in [1.29, 1.82) is 0 Å². The fourth-order valence-electron chi connectivity index (χ4n) is 4.13. The summed E-state index contributed by atoms with van der Waals surface area (Å²) in [5.74, 6) is -2.51. The Labute approximate surface area is 246 Å². The molecule has 14 heteroatoms. The van der Waals surface area contributed by atoms with E-state index in [0.717, 1.165) is 0 Å². The molecule has 0 saturated heterocycles. The summed E-state index contributed by atoms with van der Waals surface area (Å²) in [6, 6.07) is 1.56. The van der Waals surface area contributed by atoms with Crippen molar-refractivity contribution >= 4 is 38.4 Å². The number of nitro groups is 1. The quantitative estimate of drug-likeness (QED) is 0.159. The van der Waals surface area contributed by atoms with Crippen LogP contribution in [0.2, 0.25) is 0 Å². The summed E-state index contributed by atoms with van der Waals surface area (Å²) in [5.41, 5.74) is -1.29. The molecule has 0 aliphatic heterocycles. The molecule has 0 fully saturated rings. The molecule has 0 spiro atoms. The number of carbonyl (C=O) groups is 4. The first kappa shape index (κ1) is 36.4. The largest absolute Gasteiger partial charge is 0.390 e. The Hall–Kier alpha value is -3.65. The van der Waals surface area contributed by atoms with Crippen LogP contribution >= 0.6 is 0 Å². The Kier molecular flexibility index (Phi) is 13.5. The number of nitro benzene ring substituents is 1. The van der Waals surface area contributed by atoms with E-state index in [9.17, 15) is 42.8 Å². The molecule has 4 N–H and O–H groups in total. The van der Waals surface area contributed by atoms with E-state index < -0.39 is 61.3 Å². The number of rotatable bonds is 16. The summed E-state index contributed by atoms with van der Waals surface area (Å²) >= 11 is 0. The van der Waals surface area contributed by atoms with E-state index >= 15 is 0 Å². The summed E-state index contributed by atoms with van der Waals surface area (Å²) in [5, 5.41) is 28.3.